The third kappa shape index (κ3) is 15.2. The van der Waals surface area contributed by atoms with Crippen molar-refractivity contribution < 1.29 is 37.9 Å². The van der Waals surface area contributed by atoms with Crippen molar-refractivity contribution >= 4 is 0 Å². The molecule has 36 heavy (non-hydrogen) atoms. The van der Waals surface area contributed by atoms with Gasteiger partial charge in [-0.1, -0.05) is 20.8 Å². The summed E-state index contributed by atoms with van der Waals surface area (Å²) >= 11 is 0. The maximum absolute atomic E-state index is 5.41. The van der Waals surface area contributed by atoms with Gasteiger partial charge in [0, 0.05) is 54.0 Å². The fourth-order valence-electron chi connectivity index (χ4n) is 4.47. The second kappa shape index (κ2) is 20.6. The van der Waals surface area contributed by atoms with E-state index in [1.165, 1.54) is 38.5 Å². The van der Waals surface area contributed by atoms with Crippen LogP contribution >= 0.6 is 0 Å². The second-order valence-electron chi connectivity index (χ2n) is 10.5. The van der Waals surface area contributed by atoms with E-state index in [2.05, 4.69) is 27.7 Å². The van der Waals surface area contributed by atoms with E-state index in [0.29, 0.717) is 12.0 Å². The van der Waals surface area contributed by atoms with Gasteiger partial charge in [-0.05, 0) is 70.1 Å². The topological polar surface area (TPSA) is 73.8 Å². The Hall–Kier alpha value is -0.320. The fraction of sp³-hybridized carbons (Fsp3) is 1.00. The monoisotopic (exact) mass is 520 g/mol. The summed E-state index contributed by atoms with van der Waals surface area (Å²) in [7, 11) is 6.79. The normalized spacial score (nSPS) is 36.7. The van der Waals surface area contributed by atoms with Crippen LogP contribution in [0.2, 0.25) is 0 Å². The molecule has 0 aromatic rings. The molecule has 4 rings (SSSR count). The number of hydrogen-bond acceptors (Lipinski definition) is 8. The Kier molecular flexibility index (Phi) is 19.3. The number of ether oxygens (including phenoxy) is 8. The summed E-state index contributed by atoms with van der Waals surface area (Å²) in [5.74, 6) is 2.06. The highest BCUT2D eigenvalue weighted by atomic mass is 16.7. The molecule has 216 valence electrons. The molecule has 8 nitrogen and oxygen atoms in total. The van der Waals surface area contributed by atoms with Crippen LogP contribution < -0.4 is 0 Å². The Morgan fingerprint density at radius 3 is 1.72 bits per heavy atom. The van der Waals surface area contributed by atoms with Gasteiger partial charge in [0.05, 0.1) is 12.7 Å². The summed E-state index contributed by atoms with van der Waals surface area (Å²) < 4.78 is 41.5. The standard InChI is InChI=1S/4C7H14O2/c1-6-3-4-9-7(5-6)8-2;1-6-3-4-7(8-2)9-5-6;1-6-4-3-5-9-7(6)8-2;1-6-4-3-5-7(8-2)9-6/h4*6-7H,3-5H2,1-2H3. The largest absolute Gasteiger partial charge is 0.356 e. The zero-order valence-electron chi connectivity index (χ0n) is 24.4. The van der Waals surface area contributed by atoms with Crippen LogP contribution in [0.3, 0.4) is 0 Å². The highest BCUT2D eigenvalue weighted by Crippen LogP contribution is 2.21. The molecule has 8 atom stereocenters. The zero-order valence-corrected chi connectivity index (χ0v) is 24.4. The van der Waals surface area contributed by atoms with Gasteiger partial charge in [-0.15, -0.1) is 0 Å². The SMILES string of the molecule is COC1CC(C)CCO1.COC1CCC(C)CO1.COC1CCCC(C)O1.COC1OCCCC1C. The van der Waals surface area contributed by atoms with Crippen molar-refractivity contribution in [2.45, 2.75) is 117 Å². The van der Waals surface area contributed by atoms with Gasteiger partial charge in [0.25, 0.3) is 0 Å². The van der Waals surface area contributed by atoms with Crippen LogP contribution in [0.4, 0.5) is 0 Å². The summed E-state index contributed by atoms with van der Waals surface area (Å²) in [6, 6.07) is 0. The molecular formula is C28H56O8. The van der Waals surface area contributed by atoms with E-state index in [0.717, 1.165) is 50.9 Å². The molecule has 4 saturated heterocycles. The predicted octanol–water partition coefficient (Wildman–Crippen LogP) is 5.76. The first-order valence-electron chi connectivity index (χ1n) is 13.9. The maximum atomic E-state index is 5.41. The minimum absolute atomic E-state index is 0.0544. The maximum Gasteiger partial charge on any atom is 0.159 e. The first-order valence-corrected chi connectivity index (χ1v) is 13.9. The lowest BCUT2D eigenvalue weighted by atomic mass is 10.0. The van der Waals surface area contributed by atoms with Gasteiger partial charge in [0.1, 0.15) is 0 Å². The summed E-state index contributed by atoms with van der Waals surface area (Å²) in [5.41, 5.74) is 0. The third-order valence-electron chi connectivity index (χ3n) is 6.98. The molecule has 0 aromatic heterocycles. The van der Waals surface area contributed by atoms with Crippen LogP contribution in [0, 0.1) is 17.8 Å². The molecule has 0 radical (unpaired) electrons. The molecule has 4 fully saturated rings. The van der Waals surface area contributed by atoms with Crippen LogP contribution in [-0.2, 0) is 37.9 Å². The van der Waals surface area contributed by atoms with E-state index in [4.69, 9.17) is 37.9 Å². The molecule has 0 saturated carbocycles. The average Bonchev–Trinajstić information content (AvgIpc) is 2.90. The number of methoxy groups -OCH3 is 4. The molecule has 4 heterocycles. The van der Waals surface area contributed by atoms with E-state index < -0.39 is 0 Å². The molecule has 0 aliphatic carbocycles. The molecule has 0 amide bonds. The molecule has 0 N–H and O–H groups in total. The van der Waals surface area contributed by atoms with E-state index >= 15 is 0 Å². The summed E-state index contributed by atoms with van der Waals surface area (Å²) in [5, 5.41) is 0. The first-order chi connectivity index (χ1) is 17.3. The smallest absolute Gasteiger partial charge is 0.159 e. The van der Waals surface area contributed by atoms with Crippen LogP contribution in [0.15, 0.2) is 0 Å². The van der Waals surface area contributed by atoms with Crippen molar-refractivity contribution in [3.8, 4) is 0 Å². The second-order valence-corrected chi connectivity index (χ2v) is 10.5. The van der Waals surface area contributed by atoms with Gasteiger partial charge in [-0.3, -0.25) is 0 Å². The minimum atomic E-state index is 0.0544. The molecule has 0 spiro atoms. The predicted molar refractivity (Wildman–Crippen MR) is 141 cm³/mol. The summed E-state index contributed by atoms with van der Waals surface area (Å²) in [6.45, 7) is 11.3. The van der Waals surface area contributed by atoms with Gasteiger partial charge in [0.2, 0.25) is 0 Å². The average molecular weight is 521 g/mol. The third-order valence-corrected chi connectivity index (χ3v) is 6.98. The van der Waals surface area contributed by atoms with Gasteiger partial charge < -0.3 is 37.9 Å². The molecule has 4 aliphatic rings. The fourth-order valence-corrected chi connectivity index (χ4v) is 4.47. The Balaban J connectivity index is 0.000000240. The Morgan fingerprint density at radius 1 is 0.556 bits per heavy atom. The van der Waals surface area contributed by atoms with Crippen LogP contribution in [0.5, 0.6) is 0 Å². The van der Waals surface area contributed by atoms with Crippen molar-refractivity contribution in [1.29, 1.82) is 0 Å². The van der Waals surface area contributed by atoms with Crippen molar-refractivity contribution in [3.05, 3.63) is 0 Å². The van der Waals surface area contributed by atoms with Crippen molar-refractivity contribution in [1.82, 2.24) is 0 Å². The highest BCUT2D eigenvalue weighted by molar-refractivity contribution is 4.63. The summed E-state index contributed by atoms with van der Waals surface area (Å²) in [6.07, 6.45) is 11.1. The van der Waals surface area contributed by atoms with Crippen molar-refractivity contribution in [3.63, 3.8) is 0 Å². The Bertz CT molecular complexity index is 478. The molecule has 4 aliphatic heterocycles. The molecule has 0 bridgehead atoms. The van der Waals surface area contributed by atoms with Crippen LogP contribution in [0.25, 0.3) is 0 Å². The van der Waals surface area contributed by atoms with E-state index in [1.54, 1.807) is 28.4 Å². The lowest BCUT2D eigenvalue weighted by molar-refractivity contribution is -0.174. The highest BCUT2D eigenvalue weighted by Gasteiger charge is 2.21. The van der Waals surface area contributed by atoms with Crippen molar-refractivity contribution in [2.24, 2.45) is 17.8 Å². The van der Waals surface area contributed by atoms with Gasteiger partial charge in [-0.25, -0.2) is 0 Å². The molecule has 8 heteroatoms. The minimum Gasteiger partial charge on any atom is -0.356 e. The zero-order chi connectivity index (χ0) is 26.8. The molecule has 8 unspecified atom stereocenters. The van der Waals surface area contributed by atoms with Crippen LogP contribution in [-0.4, -0.2) is 79.5 Å². The Morgan fingerprint density at radius 2 is 1.28 bits per heavy atom. The number of rotatable bonds is 4. The quantitative estimate of drug-likeness (QED) is 0.463. The van der Waals surface area contributed by atoms with E-state index in [1.807, 2.05) is 0 Å². The summed E-state index contributed by atoms with van der Waals surface area (Å²) in [4.78, 5) is 0. The van der Waals surface area contributed by atoms with Crippen molar-refractivity contribution in [2.75, 3.05) is 48.3 Å². The Labute approximate surface area is 220 Å². The molecule has 0 aromatic carbocycles. The van der Waals surface area contributed by atoms with E-state index in [-0.39, 0.29) is 25.2 Å². The van der Waals surface area contributed by atoms with Crippen LogP contribution in [0.1, 0.15) is 85.5 Å². The van der Waals surface area contributed by atoms with Gasteiger partial charge >= 0.3 is 0 Å². The first kappa shape index (κ1) is 33.7. The lowest BCUT2D eigenvalue weighted by Crippen LogP contribution is -2.28. The number of hydrogen-bond donors (Lipinski definition) is 0. The molecular weight excluding hydrogens is 464 g/mol. The van der Waals surface area contributed by atoms with Gasteiger partial charge in [-0.2, -0.15) is 0 Å². The van der Waals surface area contributed by atoms with Gasteiger partial charge in [0.15, 0.2) is 25.2 Å². The van der Waals surface area contributed by atoms with E-state index in [9.17, 15) is 0 Å². The lowest BCUT2D eigenvalue weighted by Gasteiger charge is -2.27.